The molecule has 6 heteroatoms. The van der Waals surface area contributed by atoms with E-state index in [0.717, 1.165) is 11.8 Å². The van der Waals surface area contributed by atoms with E-state index in [4.69, 9.17) is 4.74 Å². The molecule has 0 aliphatic rings. The molecule has 24 heavy (non-hydrogen) atoms. The van der Waals surface area contributed by atoms with Crippen LogP contribution in [0.4, 0.5) is 0 Å². The van der Waals surface area contributed by atoms with Gasteiger partial charge in [0.15, 0.2) is 9.84 Å². The van der Waals surface area contributed by atoms with Gasteiger partial charge in [-0.1, -0.05) is 25.1 Å². The Kier molecular flexibility index (Phi) is 5.62. The molecular formula is C18H21NO4S. The van der Waals surface area contributed by atoms with Gasteiger partial charge in [-0.25, -0.2) is 8.42 Å². The first kappa shape index (κ1) is 18.0. The van der Waals surface area contributed by atoms with Gasteiger partial charge in [-0.15, -0.1) is 0 Å². The van der Waals surface area contributed by atoms with Gasteiger partial charge in [-0.2, -0.15) is 0 Å². The Morgan fingerprint density at radius 1 is 1.17 bits per heavy atom. The van der Waals surface area contributed by atoms with Gasteiger partial charge in [0.2, 0.25) is 0 Å². The molecule has 0 bridgehead atoms. The minimum absolute atomic E-state index is 0.207. The van der Waals surface area contributed by atoms with E-state index in [1.54, 1.807) is 19.2 Å². The van der Waals surface area contributed by atoms with Gasteiger partial charge in [0.05, 0.1) is 12.0 Å². The highest BCUT2D eigenvalue weighted by molar-refractivity contribution is 7.90. The average Bonchev–Trinajstić information content (AvgIpc) is 2.58. The molecular weight excluding hydrogens is 326 g/mol. The molecule has 0 aliphatic heterocycles. The fraction of sp³-hybridized carbons (Fsp3) is 0.278. The lowest BCUT2D eigenvalue weighted by atomic mass is 10.1. The van der Waals surface area contributed by atoms with Crippen LogP contribution in [-0.2, 0) is 22.8 Å². The van der Waals surface area contributed by atoms with E-state index in [9.17, 15) is 13.2 Å². The summed E-state index contributed by atoms with van der Waals surface area (Å²) in [6.07, 6.45) is 1.74. The van der Waals surface area contributed by atoms with E-state index in [2.05, 4.69) is 5.32 Å². The maximum Gasteiger partial charge on any atom is 0.251 e. The van der Waals surface area contributed by atoms with Crippen molar-refractivity contribution in [2.45, 2.75) is 24.8 Å². The minimum atomic E-state index is -3.37. The fourth-order valence-corrected chi connectivity index (χ4v) is 3.43. The zero-order valence-corrected chi connectivity index (χ0v) is 14.8. The molecule has 0 saturated heterocycles. The van der Waals surface area contributed by atoms with Crippen LogP contribution in [0.2, 0.25) is 0 Å². The van der Waals surface area contributed by atoms with Crippen molar-refractivity contribution in [1.82, 2.24) is 5.32 Å². The third-order valence-corrected chi connectivity index (χ3v) is 4.88. The Morgan fingerprint density at radius 3 is 2.54 bits per heavy atom. The van der Waals surface area contributed by atoms with Gasteiger partial charge >= 0.3 is 0 Å². The number of hydrogen-bond donors (Lipinski definition) is 1. The van der Waals surface area contributed by atoms with Crippen LogP contribution in [0, 0.1) is 0 Å². The zero-order chi connectivity index (χ0) is 17.7. The molecule has 0 spiro atoms. The second kappa shape index (κ2) is 7.49. The van der Waals surface area contributed by atoms with Gasteiger partial charge < -0.3 is 10.1 Å². The minimum Gasteiger partial charge on any atom is -0.497 e. The van der Waals surface area contributed by atoms with Gasteiger partial charge in [0, 0.05) is 18.4 Å². The lowest BCUT2D eigenvalue weighted by Gasteiger charge is -2.10. The van der Waals surface area contributed by atoms with Crippen molar-refractivity contribution in [3.8, 4) is 5.75 Å². The number of sulfone groups is 1. The quantitative estimate of drug-likeness (QED) is 0.872. The summed E-state index contributed by atoms with van der Waals surface area (Å²) in [5, 5.41) is 2.79. The number of ether oxygens (including phenoxy) is 1. The summed E-state index contributed by atoms with van der Waals surface area (Å²) >= 11 is 0. The predicted molar refractivity (Wildman–Crippen MR) is 93.1 cm³/mol. The van der Waals surface area contributed by atoms with E-state index in [-0.39, 0.29) is 10.8 Å². The second-order valence-corrected chi connectivity index (χ2v) is 7.47. The number of amides is 1. The van der Waals surface area contributed by atoms with Gasteiger partial charge in [0.1, 0.15) is 5.75 Å². The Bertz CT molecular complexity index is 844. The molecule has 0 heterocycles. The van der Waals surface area contributed by atoms with Crippen LogP contribution in [0.25, 0.3) is 0 Å². The Hall–Kier alpha value is -2.34. The molecule has 2 aromatic carbocycles. The predicted octanol–water partition coefficient (Wildman–Crippen LogP) is 2.59. The SMILES string of the molecule is CCc1ccc(C(=O)NCc2cccc(OC)c2)cc1S(C)(=O)=O. The molecule has 1 amide bonds. The summed E-state index contributed by atoms with van der Waals surface area (Å²) in [5.41, 5.74) is 1.94. The van der Waals surface area contributed by atoms with Gasteiger partial charge in [0.25, 0.3) is 5.91 Å². The number of aryl methyl sites for hydroxylation is 1. The van der Waals surface area contributed by atoms with Crippen molar-refractivity contribution >= 4 is 15.7 Å². The molecule has 2 aromatic rings. The first-order valence-corrected chi connectivity index (χ1v) is 9.48. The van der Waals surface area contributed by atoms with Crippen molar-refractivity contribution in [2.75, 3.05) is 13.4 Å². The molecule has 0 aromatic heterocycles. The monoisotopic (exact) mass is 347 g/mol. The molecule has 5 nitrogen and oxygen atoms in total. The topological polar surface area (TPSA) is 72.5 Å². The molecule has 2 rings (SSSR count). The van der Waals surface area contributed by atoms with Crippen LogP contribution in [0.15, 0.2) is 47.4 Å². The summed E-state index contributed by atoms with van der Waals surface area (Å²) in [7, 11) is -1.79. The first-order valence-electron chi connectivity index (χ1n) is 7.59. The number of methoxy groups -OCH3 is 1. The number of nitrogens with one attached hydrogen (secondary N) is 1. The molecule has 128 valence electrons. The third kappa shape index (κ3) is 4.35. The van der Waals surface area contributed by atoms with Crippen LogP contribution < -0.4 is 10.1 Å². The van der Waals surface area contributed by atoms with E-state index < -0.39 is 9.84 Å². The Labute approximate surface area is 142 Å². The van der Waals surface area contributed by atoms with E-state index in [0.29, 0.717) is 29.8 Å². The number of carbonyl (C=O) groups excluding carboxylic acids is 1. The Morgan fingerprint density at radius 2 is 1.92 bits per heavy atom. The molecule has 0 radical (unpaired) electrons. The summed E-state index contributed by atoms with van der Waals surface area (Å²) in [6, 6.07) is 12.2. The van der Waals surface area contributed by atoms with Crippen molar-refractivity contribution < 1.29 is 17.9 Å². The van der Waals surface area contributed by atoms with Crippen molar-refractivity contribution in [2.24, 2.45) is 0 Å². The van der Waals surface area contributed by atoms with Crippen LogP contribution in [-0.4, -0.2) is 27.7 Å². The number of benzene rings is 2. The van der Waals surface area contributed by atoms with Crippen LogP contribution >= 0.6 is 0 Å². The van der Waals surface area contributed by atoms with Crippen molar-refractivity contribution in [1.29, 1.82) is 0 Å². The normalized spacial score (nSPS) is 11.1. The van der Waals surface area contributed by atoms with Crippen LogP contribution in [0.3, 0.4) is 0 Å². The van der Waals surface area contributed by atoms with E-state index >= 15 is 0 Å². The second-order valence-electron chi connectivity index (χ2n) is 5.48. The summed E-state index contributed by atoms with van der Waals surface area (Å²) in [6.45, 7) is 2.21. The number of carbonyl (C=O) groups is 1. The molecule has 0 fully saturated rings. The molecule has 0 saturated carbocycles. The first-order chi connectivity index (χ1) is 11.3. The lowest BCUT2D eigenvalue weighted by Crippen LogP contribution is -2.23. The molecule has 0 aliphatic carbocycles. The van der Waals surface area contributed by atoms with Crippen molar-refractivity contribution in [3.63, 3.8) is 0 Å². The average molecular weight is 347 g/mol. The molecule has 0 unspecified atom stereocenters. The zero-order valence-electron chi connectivity index (χ0n) is 14.0. The van der Waals surface area contributed by atoms with Crippen LogP contribution in [0.5, 0.6) is 5.75 Å². The molecule has 0 atom stereocenters. The Balaban J connectivity index is 2.18. The summed E-state index contributed by atoms with van der Waals surface area (Å²) in [5.74, 6) is 0.402. The van der Waals surface area contributed by atoms with Gasteiger partial charge in [-0.05, 0) is 41.8 Å². The standard InChI is InChI=1S/C18H21NO4S/c1-4-14-8-9-15(11-17(14)24(3,21)22)18(20)19-12-13-6-5-7-16(10-13)23-2/h5-11H,4,12H2,1-3H3,(H,19,20). The number of rotatable bonds is 6. The highest BCUT2D eigenvalue weighted by atomic mass is 32.2. The highest BCUT2D eigenvalue weighted by Gasteiger charge is 2.15. The summed E-state index contributed by atoms with van der Waals surface area (Å²) in [4.78, 5) is 12.5. The van der Waals surface area contributed by atoms with Gasteiger partial charge in [-0.3, -0.25) is 4.79 Å². The van der Waals surface area contributed by atoms with E-state index in [1.807, 2.05) is 31.2 Å². The highest BCUT2D eigenvalue weighted by Crippen LogP contribution is 2.19. The molecule has 1 N–H and O–H groups in total. The number of hydrogen-bond acceptors (Lipinski definition) is 4. The summed E-state index contributed by atoms with van der Waals surface area (Å²) < 4.78 is 28.9. The largest absolute Gasteiger partial charge is 0.497 e. The third-order valence-electron chi connectivity index (χ3n) is 3.70. The van der Waals surface area contributed by atoms with E-state index in [1.165, 1.54) is 6.07 Å². The maximum atomic E-state index is 12.3. The van der Waals surface area contributed by atoms with Crippen molar-refractivity contribution in [3.05, 3.63) is 59.2 Å². The fourth-order valence-electron chi connectivity index (χ4n) is 2.40. The maximum absolute atomic E-state index is 12.3. The smallest absolute Gasteiger partial charge is 0.251 e. The van der Waals surface area contributed by atoms with Crippen LogP contribution in [0.1, 0.15) is 28.4 Å². The lowest BCUT2D eigenvalue weighted by molar-refractivity contribution is 0.0950.